The number of hydrogen-bond acceptors (Lipinski definition) is 3. The monoisotopic (exact) mass is 212 g/mol. The van der Waals surface area contributed by atoms with Gasteiger partial charge in [0.2, 0.25) is 0 Å². The molecule has 1 heterocycles. The lowest BCUT2D eigenvalue weighted by Crippen LogP contribution is -2.31. The van der Waals surface area contributed by atoms with Crippen molar-refractivity contribution in [3.8, 4) is 0 Å². The van der Waals surface area contributed by atoms with E-state index in [9.17, 15) is 0 Å². The van der Waals surface area contributed by atoms with Gasteiger partial charge in [0.05, 0.1) is 6.10 Å². The molecule has 0 bridgehead atoms. The van der Waals surface area contributed by atoms with Gasteiger partial charge in [0.15, 0.2) is 0 Å². The van der Waals surface area contributed by atoms with Gasteiger partial charge in [-0.15, -0.1) is 0 Å². The number of ether oxygens (including phenoxy) is 1. The van der Waals surface area contributed by atoms with Gasteiger partial charge in [-0.1, -0.05) is 0 Å². The van der Waals surface area contributed by atoms with Crippen molar-refractivity contribution in [1.29, 1.82) is 0 Å². The van der Waals surface area contributed by atoms with E-state index in [1.807, 2.05) is 0 Å². The molecule has 1 aliphatic heterocycles. The standard InChI is InChI=1S/C12H24N2O/c1-14(11-4-5-11)9-8-13-7-6-12-3-2-10-15-12/h11-13H,2-10H2,1H3. The van der Waals surface area contributed by atoms with Gasteiger partial charge in [-0.25, -0.2) is 0 Å². The van der Waals surface area contributed by atoms with E-state index in [2.05, 4.69) is 17.3 Å². The number of nitrogens with one attached hydrogen (secondary N) is 1. The van der Waals surface area contributed by atoms with Gasteiger partial charge in [-0.2, -0.15) is 0 Å². The zero-order valence-electron chi connectivity index (χ0n) is 9.87. The summed E-state index contributed by atoms with van der Waals surface area (Å²) in [5.74, 6) is 0. The minimum atomic E-state index is 0.540. The third kappa shape index (κ3) is 4.09. The lowest BCUT2D eigenvalue weighted by atomic mass is 10.2. The number of likely N-dealkylation sites (N-methyl/N-ethyl adjacent to an activating group) is 1. The van der Waals surface area contributed by atoms with Crippen LogP contribution in [-0.2, 0) is 4.74 Å². The van der Waals surface area contributed by atoms with E-state index in [1.165, 1.54) is 38.6 Å². The maximum Gasteiger partial charge on any atom is 0.0588 e. The van der Waals surface area contributed by atoms with Crippen LogP contribution in [0.4, 0.5) is 0 Å². The Balaban J connectivity index is 1.41. The van der Waals surface area contributed by atoms with E-state index in [1.54, 1.807) is 0 Å². The van der Waals surface area contributed by atoms with Crippen molar-refractivity contribution in [2.75, 3.05) is 33.3 Å². The molecule has 0 aromatic heterocycles. The van der Waals surface area contributed by atoms with E-state index in [0.717, 1.165) is 25.7 Å². The maximum absolute atomic E-state index is 5.58. The van der Waals surface area contributed by atoms with E-state index >= 15 is 0 Å². The molecule has 2 rings (SSSR count). The molecule has 88 valence electrons. The van der Waals surface area contributed by atoms with Gasteiger partial charge in [0, 0.05) is 25.7 Å². The summed E-state index contributed by atoms with van der Waals surface area (Å²) in [6, 6.07) is 0.893. The summed E-state index contributed by atoms with van der Waals surface area (Å²) in [6.07, 6.45) is 7.07. The van der Waals surface area contributed by atoms with Crippen molar-refractivity contribution in [2.24, 2.45) is 0 Å². The molecule has 0 radical (unpaired) electrons. The Morgan fingerprint density at radius 3 is 2.80 bits per heavy atom. The second-order valence-electron chi connectivity index (χ2n) is 4.89. The number of rotatable bonds is 7. The van der Waals surface area contributed by atoms with E-state index in [4.69, 9.17) is 4.74 Å². The lowest BCUT2D eigenvalue weighted by Gasteiger charge is -2.16. The minimum Gasteiger partial charge on any atom is -0.378 e. The Morgan fingerprint density at radius 2 is 2.13 bits per heavy atom. The van der Waals surface area contributed by atoms with Crippen LogP contribution >= 0.6 is 0 Å². The van der Waals surface area contributed by atoms with Crippen LogP contribution in [0.25, 0.3) is 0 Å². The molecule has 3 nitrogen and oxygen atoms in total. The highest BCUT2D eigenvalue weighted by Crippen LogP contribution is 2.24. The van der Waals surface area contributed by atoms with Crippen LogP contribution < -0.4 is 5.32 Å². The SMILES string of the molecule is CN(CCNCCC1CCCO1)C1CC1. The molecule has 1 atom stereocenters. The van der Waals surface area contributed by atoms with Crippen molar-refractivity contribution < 1.29 is 4.74 Å². The van der Waals surface area contributed by atoms with E-state index in [-0.39, 0.29) is 0 Å². The van der Waals surface area contributed by atoms with Gasteiger partial charge in [-0.3, -0.25) is 0 Å². The summed E-state index contributed by atoms with van der Waals surface area (Å²) in [7, 11) is 2.24. The van der Waals surface area contributed by atoms with Crippen molar-refractivity contribution in [3.63, 3.8) is 0 Å². The predicted molar refractivity (Wildman–Crippen MR) is 62.1 cm³/mol. The topological polar surface area (TPSA) is 24.5 Å². The Labute approximate surface area is 93.2 Å². The first-order valence-corrected chi connectivity index (χ1v) is 6.39. The Morgan fingerprint density at radius 1 is 1.27 bits per heavy atom. The number of nitrogens with zero attached hydrogens (tertiary/aromatic N) is 1. The van der Waals surface area contributed by atoms with Crippen LogP contribution in [0.3, 0.4) is 0 Å². The molecule has 0 aromatic carbocycles. The van der Waals surface area contributed by atoms with Gasteiger partial charge in [0.25, 0.3) is 0 Å². The van der Waals surface area contributed by atoms with Crippen molar-refractivity contribution >= 4 is 0 Å². The zero-order chi connectivity index (χ0) is 10.5. The summed E-state index contributed by atoms with van der Waals surface area (Å²) in [5.41, 5.74) is 0. The van der Waals surface area contributed by atoms with Crippen LogP contribution in [-0.4, -0.2) is 50.3 Å². The fourth-order valence-electron chi connectivity index (χ4n) is 2.21. The second-order valence-corrected chi connectivity index (χ2v) is 4.89. The molecule has 3 heteroatoms. The van der Waals surface area contributed by atoms with Gasteiger partial charge >= 0.3 is 0 Å². The molecule has 0 amide bonds. The first-order chi connectivity index (χ1) is 7.36. The van der Waals surface area contributed by atoms with Crippen molar-refractivity contribution in [3.05, 3.63) is 0 Å². The zero-order valence-corrected chi connectivity index (χ0v) is 9.87. The molecular weight excluding hydrogens is 188 g/mol. The molecule has 1 saturated carbocycles. The largest absolute Gasteiger partial charge is 0.378 e. The van der Waals surface area contributed by atoms with Crippen LogP contribution in [0.5, 0.6) is 0 Å². The summed E-state index contributed by atoms with van der Waals surface area (Å²) >= 11 is 0. The first-order valence-electron chi connectivity index (χ1n) is 6.39. The molecule has 0 aromatic rings. The summed E-state index contributed by atoms with van der Waals surface area (Å²) < 4.78 is 5.58. The lowest BCUT2D eigenvalue weighted by molar-refractivity contribution is 0.104. The third-order valence-electron chi connectivity index (χ3n) is 3.48. The summed E-state index contributed by atoms with van der Waals surface area (Å²) in [6.45, 7) is 4.41. The number of hydrogen-bond donors (Lipinski definition) is 1. The Kier molecular flexibility index (Phi) is 4.42. The minimum absolute atomic E-state index is 0.540. The molecule has 0 spiro atoms. The van der Waals surface area contributed by atoms with Gasteiger partial charge in [0.1, 0.15) is 0 Å². The Hall–Kier alpha value is -0.120. The average molecular weight is 212 g/mol. The maximum atomic E-state index is 5.58. The fraction of sp³-hybridized carbons (Fsp3) is 1.00. The average Bonchev–Trinajstić information content (AvgIpc) is 2.97. The Bertz CT molecular complexity index is 172. The van der Waals surface area contributed by atoms with Crippen LogP contribution in [0.15, 0.2) is 0 Å². The predicted octanol–water partition coefficient (Wildman–Crippen LogP) is 1.24. The molecule has 1 aliphatic carbocycles. The highest BCUT2D eigenvalue weighted by Gasteiger charge is 2.25. The van der Waals surface area contributed by atoms with E-state index < -0.39 is 0 Å². The van der Waals surface area contributed by atoms with Crippen LogP contribution in [0, 0.1) is 0 Å². The molecule has 2 aliphatic rings. The van der Waals surface area contributed by atoms with Crippen molar-refractivity contribution in [2.45, 2.75) is 44.2 Å². The normalized spacial score (nSPS) is 26.4. The smallest absolute Gasteiger partial charge is 0.0588 e. The highest BCUT2D eigenvalue weighted by molar-refractivity contribution is 4.82. The fourth-order valence-corrected chi connectivity index (χ4v) is 2.21. The van der Waals surface area contributed by atoms with Gasteiger partial charge < -0.3 is 15.0 Å². The molecule has 1 N–H and O–H groups in total. The van der Waals surface area contributed by atoms with E-state index in [0.29, 0.717) is 6.10 Å². The molecule has 2 fully saturated rings. The highest BCUT2D eigenvalue weighted by atomic mass is 16.5. The molecule has 1 unspecified atom stereocenters. The summed E-state index contributed by atoms with van der Waals surface area (Å²) in [5, 5.41) is 3.50. The quantitative estimate of drug-likeness (QED) is 0.643. The van der Waals surface area contributed by atoms with Crippen molar-refractivity contribution in [1.82, 2.24) is 10.2 Å². The molecular formula is C12H24N2O. The molecule has 1 saturated heterocycles. The van der Waals surface area contributed by atoms with Gasteiger partial charge in [-0.05, 0) is 45.7 Å². The molecule has 15 heavy (non-hydrogen) atoms. The van der Waals surface area contributed by atoms with Crippen LogP contribution in [0.1, 0.15) is 32.1 Å². The summed E-state index contributed by atoms with van der Waals surface area (Å²) in [4.78, 5) is 2.47. The van der Waals surface area contributed by atoms with Crippen LogP contribution in [0.2, 0.25) is 0 Å². The third-order valence-corrected chi connectivity index (χ3v) is 3.48. The first kappa shape index (κ1) is 11.4. The second kappa shape index (κ2) is 5.83.